The summed E-state index contributed by atoms with van der Waals surface area (Å²) in [7, 11) is 0. The van der Waals surface area contributed by atoms with Gasteiger partial charge in [0.2, 0.25) is 0 Å². The molecule has 1 aliphatic carbocycles. The van der Waals surface area contributed by atoms with Crippen LogP contribution in [0.3, 0.4) is 0 Å². The summed E-state index contributed by atoms with van der Waals surface area (Å²) in [5.41, 5.74) is 5.95. The van der Waals surface area contributed by atoms with Gasteiger partial charge in [0.1, 0.15) is 17.6 Å². The number of carbonyl (C=O) groups is 1. The lowest BCUT2D eigenvalue weighted by Crippen LogP contribution is -2.35. The van der Waals surface area contributed by atoms with Crippen molar-refractivity contribution in [2.45, 2.75) is 25.3 Å². The number of nitrogens with zero attached hydrogens (tertiary/aromatic N) is 1. The quantitative estimate of drug-likeness (QED) is 0.401. The van der Waals surface area contributed by atoms with Crippen LogP contribution in [0.5, 0.6) is 0 Å². The molecule has 0 bridgehead atoms. The van der Waals surface area contributed by atoms with Crippen LogP contribution in [-0.4, -0.2) is 18.7 Å². The molecule has 0 fully saturated rings. The maximum Gasteiger partial charge on any atom is 0.407 e. The highest BCUT2D eigenvalue weighted by atomic mass is 32.1. The summed E-state index contributed by atoms with van der Waals surface area (Å²) in [6.07, 6.45) is 0.262. The third-order valence-corrected chi connectivity index (χ3v) is 7.00. The fraction of sp³-hybridized carbons (Fsp3) is 0.185. The minimum atomic E-state index is -0.408. The van der Waals surface area contributed by atoms with Gasteiger partial charge in [0.15, 0.2) is 0 Å². The highest BCUT2D eigenvalue weighted by Gasteiger charge is 2.29. The molecular formula is C27H22N2O2S. The van der Waals surface area contributed by atoms with E-state index in [1.165, 1.54) is 33.6 Å². The smallest absolute Gasteiger partial charge is 0.407 e. The molecule has 1 heterocycles. The van der Waals surface area contributed by atoms with Gasteiger partial charge in [0, 0.05) is 16.7 Å². The van der Waals surface area contributed by atoms with Crippen LogP contribution >= 0.6 is 11.3 Å². The lowest BCUT2D eigenvalue weighted by Gasteiger charge is -2.17. The Labute approximate surface area is 191 Å². The standard InChI is InChI=1S/C27H22N2O2S/c1-17(13-18-7-6-12-26-24(18)14-19(15-28)32-26)29-27(30)31-16-25-22-10-4-2-8-20(22)21-9-3-5-11-23(21)25/h2-12,14,17,25H,13,16H2,1H3,(H,29,30)/t17-/m0/s1. The van der Waals surface area contributed by atoms with Gasteiger partial charge in [0.25, 0.3) is 0 Å². The van der Waals surface area contributed by atoms with E-state index < -0.39 is 6.09 Å². The molecule has 0 unspecified atom stereocenters. The average Bonchev–Trinajstić information content (AvgIpc) is 3.37. The molecule has 4 aromatic rings. The van der Waals surface area contributed by atoms with E-state index in [0.717, 1.165) is 15.6 Å². The van der Waals surface area contributed by atoms with Gasteiger partial charge < -0.3 is 10.1 Å². The zero-order valence-electron chi connectivity index (χ0n) is 17.7. The first kappa shape index (κ1) is 20.3. The van der Waals surface area contributed by atoms with Gasteiger partial charge in [-0.2, -0.15) is 5.26 Å². The predicted molar refractivity (Wildman–Crippen MR) is 128 cm³/mol. The lowest BCUT2D eigenvalue weighted by atomic mass is 9.98. The summed E-state index contributed by atoms with van der Waals surface area (Å²) >= 11 is 1.49. The number of thiophene rings is 1. The average molecular weight is 439 g/mol. The van der Waals surface area contributed by atoms with Gasteiger partial charge >= 0.3 is 6.09 Å². The van der Waals surface area contributed by atoms with Crippen LogP contribution in [0.1, 0.15) is 34.4 Å². The van der Waals surface area contributed by atoms with E-state index in [4.69, 9.17) is 4.74 Å². The molecule has 1 aliphatic rings. The van der Waals surface area contributed by atoms with Gasteiger partial charge in [-0.25, -0.2) is 4.79 Å². The Bertz CT molecular complexity index is 1310. The summed E-state index contributed by atoms with van der Waals surface area (Å²) in [4.78, 5) is 13.3. The molecule has 5 rings (SSSR count). The Morgan fingerprint density at radius 2 is 1.75 bits per heavy atom. The van der Waals surface area contributed by atoms with Gasteiger partial charge in [-0.3, -0.25) is 0 Å². The minimum absolute atomic E-state index is 0.0485. The van der Waals surface area contributed by atoms with E-state index in [9.17, 15) is 10.1 Å². The number of nitrogens with one attached hydrogen (secondary N) is 1. The molecule has 0 radical (unpaired) electrons. The second-order valence-electron chi connectivity index (χ2n) is 8.13. The van der Waals surface area contributed by atoms with Crippen molar-refractivity contribution < 1.29 is 9.53 Å². The SMILES string of the molecule is C[C@@H](Cc1cccc2sc(C#N)cc12)NC(=O)OCC1c2ccccc2-c2ccccc21. The van der Waals surface area contributed by atoms with Crippen LogP contribution in [0.15, 0.2) is 72.8 Å². The lowest BCUT2D eigenvalue weighted by molar-refractivity contribution is 0.140. The molecule has 1 aromatic heterocycles. The first-order valence-corrected chi connectivity index (χ1v) is 11.5. The van der Waals surface area contributed by atoms with Crippen LogP contribution in [0.4, 0.5) is 4.79 Å². The van der Waals surface area contributed by atoms with Crippen LogP contribution in [0.25, 0.3) is 21.2 Å². The number of benzene rings is 3. The van der Waals surface area contributed by atoms with Crippen molar-refractivity contribution in [1.82, 2.24) is 5.32 Å². The molecule has 0 saturated carbocycles. The normalized spacial score (nSPS) is 13.2. The summed E-state index contributed by atoms with van der Waals surface area (Å²) in [5, 5.41) is 13.2. The Balaban J connectivity index is 1.24. The highest BCUT2D eigenvalue weighted by Crippen LogP contribution is 2.44. The molecule has 158 valence electrons. The topological polar surface area (TPSA) is 62.1 Å². The Morgan fingerprint density at radius 1 is 1.06 bits per heavy atom. The number of hydrogen-bond acceptors (Lipinski definition) is 4. The van der Waals surface area contributed by atoms with Crippen molar-refractivity contribution in [3.8, 4) is 17.2 Å². The van der Waals surface area contributed by atoms with Gasteiger partial charge in [-0.1, -0.05) is 60.7 Å². The number of rotatable bonds is 5. The van der Waals surface area contributed by atoms with E-state index in [-0.39, 0.29) is 12.0 Å². The number of hydrogen-bond donors (Lipinski definition) is 1. The highest BCUT2D eigenvalue weighted by molar-refractivity contribution is 7.19. The molecule has 0 spiro atoms. The summed E-state index contributed by atoms with van der Waals surface area (Å²) < 4.78 is 6.76. The maximum atomic E-state index is 12.6. The minimum Gasteiger partial charge on any atom is -0.449 e. The van der Waals surface area contributed by atoms with Crippen LogP contribution in [0.2, 0.25) is 0 Å². The number of amides is 1. The van der Waals surface area contributed by atoms with E-state index in [1.54, 1.807) is 0 Å². The fourth-order valence-electron chi connectivity index (χ4n) is 4.58. The number of ether oxygens (including phenoxy) is 1. The van der Waals surface area contributed by atoms with Crippen LogP contribution in [-0.2, 0) is 11.2 Å². The number of alkyl carbamates (subject to hydrolysis) is 1. The summed E-state index contributed by atoms with van der Waals surface area (Å²) in [6.45, 7) is 2.27. The molecular weight excluding hydrogens is 416 g/mol. The largest absolute Gasteiger partial charge is 0.449 e. The molecule has 1 N–H and O–H groups in total. The van der Waals surface area contributed by atoms with E-state index in [2.05, 4.69) is 35.7 Å². The monoisotopic (exact) mass is 438 g/mol. The predicted octanol–water partition coefficient (Wildman–Crippen LogP) is 6.24. The van der Waals surface area contributed by atoms with Gasteiger partial charge in [-0.15, -0.1) is 11.3 Å². The summed E-state index contributed by atoms with van der Waals surface area (Å²) in [6, 6.07) is 26.7. The molecule has 1 amide bonds. The number of nitriles is 1. The second kappa shape index (κ2) is 8.49. The molecule has 0 saturated heterocycles. The van der Waals surface area contributed by atoms with E-state index in [0.29, 0.717) is 17.9 Å². The Morgan fingerprint density at radius 3 is 2.44 bits per heavy atom. The number of fused-ring (bicyclic) bond motifs is 4. The Hall–Kier alpha value is -3.62. The first-order chi connectivity index (χ1) is 15.6. The van der Waals surface area contributed by atoms with Crippen molar-refractivity contribution in [3.05, 3.63) is 94.4 Å². The second-order valence-corrected chi connectivity index (χ2v) is 9.21. The molecule has 32 heavy (non-hydrogen) atoms. The van der Waals surface area contributed by atoms with E-state index >= 15 is 0 Å². The molecule has 1 atom stereocenters. The van der Waals surface area contributed by atoms with Crippen LogP contribution in [0, 0.1) is 11.3 Å². The third-order valence-electron chi connectivity index (χ3n) is 6.00. The summed E-state index contributed by atoms with van der Waals surface area (Å²) in [5.74, 6) is 0.0485. The molecule has 4 nitrogen and oxygen atoms in total. The fourth-order valence-corrected chi connectivity index (χ4v) is 5.48. The van der Waals surface area contributed by atoms with Gasteiger partial charge in [0.05, 0.1) is 0 Å². The molecule has 5 heteroatoms. The van der Waals surface area contributed by atoms with Gasteiger partial charge in [-0.05, 0) is 58.7 Å². The van der Waals surface area contributed by atoms with Crippen molar-refractivity contribution >= 4 is 27.5 Å². The van der Waals surface area contributed by atoms with Crippen LogP contribution < -0.4 is 5.32 Å². The zero-order chi connectivity index (χ0) is 22.1. The number of carbonyl (C=O) groups excluding carboxylic acids is 1. The first-order valence-electron chi connectivity index (χ1n) is 10.7. The van der Waals surface area contributed by atoms with E-state index in [1.807, 2.05) is 55.5 Å². The maximum absolute atomic E-state index is 12.6. The molecule has 3 aromatic carbocycles. The third kappa shape index (κ3) is 3.74. The van der Waals surface area contributed by atoms with Crippen molar-refractivity contribution in [2.75, 3.05) is 6.61 Å². The van der Waals surface area contributed by atoms with Crippen molar-refractivity contribution in [2.24, 2.45) is 0 Å². The van der Waals surface area contributed by atoms with Crippen molar-refractivity contribution in [3.63, 3.8) is 0 Å². The van der Waals surface area contributed by atoms with Crippen molar-refractivity contribution in [1.29, 1.82) is 5.26 Å². The Kier molecular flexibility index (Phi) is 5.38. The molecule has 0 aliphatic heterocycles. The zero-order valence-corrected chi connectivity index (χ0v) is 18.5.